The molecule has 1 unspecified atom stereocenters. The molecule has 0 aliphatic carbocycles. The molecule has 1 saturated heterocycles. The van der Waals surface area contributed by atoms with Crippen molar-refractivity contribution in [1.82, 2.24) is 20.0 Å². The Labute approximate surface area is 178 Å². The molecule has 1 fully saturated rings. The molecule has 1 atom stereocenters. The standard InChI is InChI=1S/C20H26N6.HI/c1-3-22-20(23-12-17-6-4-5-16(9-17)11-21)26-8-7-18(15-26)10-19-13-24-25(2)14-19;/h4-6,9,13-14,18H,3,7-8,10,12,15H2,1-2H3,(H,22,23);1H. The number of guanidine groups is 1. The third-order valence-corrected chi connectivity index (χ3v) is 4.67. The van der Waals surface area contributed by atoms with Crippen LogP contribution < -0.4 is 5.32 Å². The topological polar surface area (TPSA) is 69.2 Å². The second kappa shape index (κ2) is 10.3. The van der Waals surface area contributed by atoms with E-state index in [-0.39, 0.29) is 24.0 Å². The van der Waals surface area contributed by atoms with Crippen molar-refractivity contribution in [3.8, 4) is 6.07 Å². The smallest absolute Gasteiger partial charge is 0.194 e. The molecule has 1 aliphatic heterocycles. The number of hydrogen-bond acceptors (Lipinski definition) is 3. The van der Waals surface area contributed by atoms with E-state index in [4.69, 9.17) is 10.3 Å². The first-order valence-electron chi connectivity index (χ1n) is 9.17. The van der Waals surface area contributed by atoms with E-state index in [1.807, 2.05) is 42.2 Å². The van der Waals surface area contributed by atoms with Crippen LogP contribution >= 0.6 is 24.0 Å². The average Bonchev–Trinajstić information content (AvgIpc) is 3.28. The van der Waals surface area contributed by atoms with E-state index in [0.717, 1.165) is 37.6 Å². The molecule has 1 N–H and O–H groups in total. The zero-order valence-electron chi connectivity index (χ0n) is 15.9. The SMILES string of the molecule is CCNC(=NCc1cccc(C#N)c1)N1CCC(Cc2cnn(C)c2)C1.I. The molecule has 1 aromatic carbocycles. The van der Waals surface area contributed by atoms with E-state index in [0.29, 0.717) is 18.0 Å². The Morgan fingerprint density at radius 1 is 1.41 bits per heavy atom. The van der Waals surface area contributed by atoms with Gasteiger partial charge in [-0.05, 0) is 48.9 Å². The third kappa shape index (κ3) is 5.96. The molecule has 2 heterocycles. The van der Waals surface area contributed by atoms with Gasteiger partial charge < -0.3 is 10.2 Å². The summed E-state index contributed by atoms with van der Waals surface area (Å²) in [6.45, 7) is 5.56. The molecule has 0 radical (unpaired) electrons. The molecular formula is C20H27IN6. The van der Waals surface area contributed by atoms with Crippen LogP contribution in [0, 0.1) is 17.2 Å². The highest BCUT2D eigenvalue weighted by molar-refractivity contribution is 14.0. The largest absolute Gasteiger partial charge is 0.357 e. The van der Waals surface area contributed by atoms with Gasteiger partial charge in [0.05, 0.1) is 24.4 Å². The molecule has 0 amide bonds. The van der Waals surface area contributed by atoms with Gasteiger partial charge in [0.2, 0.25) is 0 Å². The van der Waals surface area contributed by atoms with Gasteiger partial charge in [0, 0.05) is 32.9 Å². The lowest BCUT2D eigenvalue weighted by Crippen LogP contribution is -2.40. The number of rotatable bonds is 5. The molecule has 6 nitrogen and oxygen atoms in total. The van der Waals surface area contributed by atoms with Crippen molar-refractivity contribution in [2.45, 2.75) is 26.3 Å². The normalized spacial score (nSPS) is 16.7. The first-order valence-corrected chi connectivity index (χ1v) is 9.17. The Hall–Kier alpha value is -2.08. The molecule has 27 heavy (non-hydrogen) atoms. The predicted molar refractivity (Wildman–Crippen MR) is 118 cm³/mol. The summed E-state index contributed by atoms with van der Waals surface area (Å²) in [4.78, 5) is 7.14. The molecule has 1 aromatic heterocycles. The summed E-state index contributed by atoms with van der Waals surface area (Å²) >= 11 is 0. The first-order chi connectivity index (χ1) is 12.7. The number of aryl methyl sites for hydroxylation is 1. The number of aliphatic imine (C=N–C) groups is 1. The number of aromatic nitrogens is 2. The van der Waals surface area contributed by atoms with Crippen LogP contribution in [-0.4, -0.2) is 40.3 Å². The quantitative estimate of drug-likeness (QED) is 0.408. The third-order valence-electron chi connectivity index (χ3n) is 4.67. The maximum absolute atomic E-state index is 9.04. The minimum Gasteiger partial charge on any atom is -0.357 e. The van der Waals surface area contributed by atoms with Gasteiger partial charge >= 0.3 is 0 Å². The maximum atomic E-state index is 9.04. The predicted octanol–water partition coefficient (Wildman–Crippen LogP) is 2.94. The second-order valence-electron chi connectivity index (χ2n) is 6.81. The summed E-state index contributed by atoms with van der Waals surface area (Å²) in [6.07, 6.45) is 6.30. The number of likely N-dealkylation sites (tertiary alicyclic amines) is 1. The van der Waals surface area contributed by atoms with Crippen molar-refractivity contribution in [2.24, 2.45) is 18.0 Å². The van der Waals surface area contributed by atoms with E-state index in [2.05, 4.69) is 34.5 Å². The fraction of sp³-hybridized carbons (Fsp3) is 0.450. The van der Waals surface area contributed by atoms with Crippen LogP contribution in [0.3, 0.4) is 0 Å². The summed E-state index contributed by atoms with van der Waals surface area (Å²) in [5.74, 6) is 1.59. The molecule has 7 heteroatoms. The van der Waals surface area contributed by atoms with Gasteiger partial charge in [0.15, 0.2) is 5.96 Å². The minimum atomic E-state index is 0. The Bertz CT molecular complexity index is 807. The number of benzene rings is 1. The van der Waals surface area contributed by atoms with Crippen LogP contribution in [0.2, 0.25) is 0 Å². The molecule has 144 valence electrons. The van der Waals surface area contributed by atoms with E-state index in [1.165, 1.54) is 12.0 Å². The summed E-state index contributed by atoms with van der Waals surface area (Å²) < 4.78 is 1.86. The number of nitrogens with zero attached hydrogens (tertiary/aromatic N) is 5. The van der Waals surface area contributed by atoms with Gasteiger partial charge in [-0.25, -0.2) is 4.99 Å². The van der Waals surface area contributed by atoms with Gasteiger partial charge in [0.1, 0.15) is 0 Å². The lowest BCUT2D eigenvalue weighted by molar-refractivity contribution is 0.460. The molecule has 2 aromatic rings. The number of nitriles is 1. The molecule has 1 aliphatic rings. The van der Waals surface area contributed by atoms with Crippen LogP contribution in [0.1, 0.15) is 30.0 Å². The van der Waals surface area contributed by atoms with Crippen molar-refractivity contribution in [2.75, 3.05) is 19.6 Å². The monoisotopic (exact) mass is 478 g/mol. The van der Waals surface area contributed by atoms with Gasteiger partial charge in [-0.3, -0.25) is 4.68 Å². The van der Waals surface area contributed by atoms with Crippen molar-refractivity contribution in [1.29, 1.82) is 5.26 Å². The van der Waals surface area contributed by atoms with Gasteiger partial charge in [-0.15, -0.1) is 24.0 Å². The first kappa shape index (κ1) is 21.2. The highest BCUT2D eigenvalue weighted by atomic mass is 127. The molecule has 0 spiro atoms. The Morgan fingerprint density at radius 3 is 2.96 bits per heavy atom. The fourth-order valence-corrected chi connectivity index (χ4v) is 3.43. The van der Waals surface area contributed by atoms with Crippen LogP contribution in [0.5, 0.6) is 0 Å². The van der Waals surface area contributed by atoms with Crippen LogP contribution in [0.4, 0.5) is 0 Å². The lowest BCUT2D eigenvalue weighted by atomic mass is 10.0. The zero-order valence-corrected chi connectivity index (χ0v) is 18.3. The zero-order chi connectivity index (χ0) is 18.4. The van der Waals surface area contributed by atoms with Crippen molar-refractivity contribution < 1.29 is 0 Å². The minimum absolute atomic E-state index is 0. The molecular weight excluding hydrogens is 451 g/mol. The fourth-order valence-electron chi connectivity index (χ4n) is 3.43. The van der Waals surface area contributed by atoms with Crippen LogP contribution in [-0.2, 0) is 20.0 Å². The number of halogens is 1. The Morgan fingerprint density at radius 2 is 2.26 bits per heavy atom. The lowest BCUT2D eigenvalue weighted by Gasteiger charge is -2.21. The Kier molecular flexibility index (Phi) is 8.10. The van der Waals surface area contributed by atoms with E-state index < -0.39 is 0 Å². The van der Waals surface area contributed by atoms with Crippen LogP contribution in [0.25, 0.3) is 0 Å². The molecule has 0 bridgehead atoms. The van der Waals surface area contributed by atoms with Gasteiger partial charge in [-0.2, -0.15) is 10.4 Å². The van der Waals surface area contributed by atoms with Gasteiger partial charge in [0.25, 0.3) is 0 Å². The van der Waals surface area contributed by atoms with E-state index in [9.17, 15) is 0 Å². The summed E-state index contributed by atoms with van der Waals surface area (Å²) in [5.41, 5.74) is 3.04. The van der Waals surface area contributed by atoms with Gasteiger partial charge in [-0.1, -0.05) is 12.1 Å². The van der Waals surface area contributed by atoms with Crippen molar-refractivity contribution in [3.05, 3.63) is 53.3 Å². The van der Waals surface area contributed by atoms with Crippen molar-refractivity contribution in [3.63, 3.8) is 0 Å². The van der Waals surface area contributed by atoms with Crippen LogP contribution in [0.15, 0.2) is 41.7 Å². The Balaban J connectivity index is 0.00000261. The van der Waals surface area contributed by atoms with Crippen molar-refractivity contribution >= 4 is 29.9 Å². The number of hydrogen-bond donors (Lipinski definition) is 1. The summed E-state index contributed by atoms with van der Waals surface area (Å²) in [6, 6.07) is 9.84. The highest BCUT2D eigenvalue weighted by Crippen LogP contribution is 2.21. The molecule has 0 saturated carbocycles. The maximum Gasteiger partial charge on any atom is 0.194 e. The summed E-state index contributed by atoms with van der Waals surface area (Å²) in [7, 11) is 1.96. The summed E-state index contributed by atoms with van der Waals surface area (Å²) in [5, 5.41) is 16.7. The van der Waals surface area contributed by atoms with E-state index >= 15 is 0 Å². The number of nitrogens with one attached hydrogen (secondary N) is 1. The second-order valence-corrected chi connectivity index (χ2v) is 6.81. The van der Waals surface area contributed by atoms with E-state index in [1.54, 1.807) is 0 Å². The molecule has 3 rings (SSSR count). The average molecular weight is 478 g/mol. The highest BCUT2D eigenvalue weighted by Gasteiger charge is 2.25.